The lowest BCUT2D eigenvalue weighted by atomic mass is 10.3. The van der Waals surface area contributed by atoms with E-state index in [0.717, 1.165) is 10.8 Å². The fourth-order valence-corrected chi connectivity index (χ4v) is 1.88. The molecule has 0 N–H and O–H groups in total. The van der Waals surface area contributed by atoms with Gasteiger partial charge in [0.15, 0.2) is 6.29 Å². The molecule has 0 fully saturated rings. The molecule has 0 aromatic heterocycles. The van der Waals surface area contributed by atoms with Crippen LogP contribution >= 0.6 is 22.6 Å². The summed E-state index contributed by atoms with van der Waals surface area (Å²) < 4.78 is 11.7. The molecule has 12 heavy (non-hydrogen) atoms. The van der Waals surface area contributed by atoms with Gasteiger partial charge in [-0.1, -0.05) is 34.2 Å². The fraction of sp³-hybridized carbons (Fsp3) is 0.778. The Morgan fingerprint density at radius 1 is 1.75 bits per heavy atom. The van der Waals surface area contributed by atoms with Gasteiger partial charge in [-0.3, -0.25) is 0 Å². The highest BCUT2D eigenvalue weighted by atomic mass is 127. The maximum absolute atomic E-state index is 5.67. The normalized spacial score (nSPS) is 25.6. The Kier molecular flexibility index (Phi) is 4.53. The lowest BCUT2D eigenvalue weighted by molar-refractivity contribution is -0.125. The maximum Gasteiger partial charge on any atom is 0.166 e. The maximum atomic E-state index is 5.67. The van der Waals surface area contributed by atoms with Crippen molar-refractivity contribution < 1.29 is 9.47 Å². The van der Waals surface area contributed by atoms with E-state index in [-0.39, 0.29) is 12.4 Å². The summed E-state index contributed by atoms with van der Waals surface area (Å²) in [5.41, 5.74) is 1.43. The number of alkyl halides is 1. The SMILES string of the molecule is COC(CI)OC1C=C(C)CC1. The van der Waals surface area contributed by atoms with Crippen molar-refractivity contribution in [3.63, 3.8) is 0 Å². The number of halogens is 1. The first-order valence-electron chi connectivity index (χ1n) is 4.17. The van der Waals surface area contributed by atoms with Crippen molar-refractivity contribution in [3.8, 4) is 0 Å². The van der Waals surface area contributed by atoms with E-state index in [1.54, 1.807) is 7.11 Å². The molecule has 1 aliphatic carbocycles. The standard InChI is InChI=1S/C9H15IO2/c1-7-3-4-8(5-7)12-9(6-10)11-2/h5,8-9H,3-4,6H2,1-2H3. The molecule has 0 aromatic carbocycles. The van der Waals surface area contributed by atoms with Crippen LogP contribution in [0.3, 0.4) is 0 Å². The van der Waals surface area contributed by atoms with E-state index in [0.29, 0.717) is 0 Å². The monoisotopic (exact) mass is 282 g/mol. The van der Waals surface area contributed by atoms with Crippen molar-refractivity contribution in [3.05, 3.63) is 11.6 Å². The molecule has 70 valence electrons. The van der Waals surface area contributed by atoms with Gasteiger partial charge in [0.05, 0.1) is 10.5 Å². The predicted molar refractivity (Wildman–Crippen MR) is 57.5 cm³/mol. The first-order valence-corrected chi connectivity index (χ1v) is 5.70. The van der Waals surface area contributed by atoms with Crippen molar-refractivity contribution in [2.45, 2.75) is 32.2 Å². The Morgan fingerprint density at radius 3 is 2.92 bits per heavy atom. The van der Waals surface area contributed by atoms with Crippen molar-refractivity contribution in [2.24, 2.45) is 0 Å². The summed E-state index contributed by atoms with van der Waals surface area (Å²) in [5, 5.41) is 0. The lowest BCUT2D eigenvalue weighted by Gasteiger charge is -2.17. The van der Waals surface area contributed by atoms with E-state index in [1.165, 1.54) is 12.0 Å². The van der Waals surface area contributed by atoms with Crippen molar-refractivity contribution in [2.75, 3.05) is 11.5 Å². The number of rotatable bonds is 4. The number of hydrogen-bond donors (Lipinski definition) is 0. The lowest BCUT2D eigenvalue weighted by Crippen LogP contribution is -2.22. The Bertz CT molecular complexity index is 164. The third kappa shape index (κ3) is 3.03. The van der Waals surface area contributed by atoms with Gasteiger partial charge in [0.1, 0.15) is 0 Å². The van der Waals surface area contributed by atoms with E-state index < -0.39 is 0 Å². The summed E-state index contributed by atoms with van der Waals surface area (Å²) in [7, 11) is 1.69. The summed E-state index contributed by atoms with van der Waals surface area (Å²) >= 11 is 2.27. The molecule has 0 saturated carbocycles. The van der Waals surface area contributed by atoms with Gasteiger partial charge in [0, 0.05) is 7.11 Å². The third-order valence-electron chi connectivity index (χ3n) is 2.01. The average molecular weight is 282 g/mol. The van der Waals surface area contributed by atoms with Crippen LogP contribution in [0.15, 0.2) is 11.6 Å². The molecule has 3 heteroatoms. The minimum absolute atomic E-state index is 0.0438. The van der Waals surface area contributed by atoms with Gasteiger partial charge in [-0.2, -0.15) is 0 Å². The number of methoxy groups -OCH3 is 1. The van der Waals surface area contributed by atoms with Gasteiger partial charge in [-0.05, 0) is 19.8 Å². The molecule has 0 bridgehead atoms. The highest BCUT2D eigenvalue weighted by Gasteiger charge is 2.17. The Labute approximate surface area is 87.5 Å². The molecule has 0 spiro atoms. The van der Waals surface area contributed by atoms with Crippen molar-refractivity contribution in [1.29, 1.82) is 0 Å². The Balaban J connectivity index is 2.31. The van der Waals surface area contributed by atoms with Crippen LogP contribution in [0.5, 0.6) is 0 Å². The van der Waals surface area contributed by atoms with Crippen molar-refractivity contribution >= 4 is 22.6 Å². The summed E-state index contributed by atoms with van der Waals surface area (Å²) in [6.45, 7) is 2.15. The zero-order chi connectivity index (χ0) is 8.97. The first-order chi connectivity index (χ1) is 5.76. The molecule has 0 aliphatic heterocycles. The van der Waals surface area contributed by atoms with Crippen LogP contribution in [0.25, 0.3) is 0 Å². The second-order valence-corrected chi connectivity index (χ2v) is 3.93. The minimum Gasteiger partial charge on any atom is -0.355 e. The third-order valence-corrected chi connectivity index (χ3v) is 2.73. The average Bonchev–Trinajstić information content (AvgIpc) is 2.47. The summed E-state index contributed by atoms with van der Waals surface area (Å²) in [4.78, 5) is 0. The van der Waals surface area contributed by atoms with Crippen LogP contribution in [0.4, 0.5) is 0 Å². The molecule has 1 aliphatic rings. The van der Waals surface area contributed by atoms with Gasteiger partial charge >= 0.3 is 0 Å². The van der Waals surface area contributed by atoms with Crippen LogP contribution in [0.2, 0.25) is 0 Å². The van der Waals surface area contributed by atoms with Gasteiger partial charge < -0.3 is 9.47 Å². The van der Waals surface area contributed by atoms with Gasteiger partial charge in [-0.25, -0.2) is 0 Å². The number of allylic oxidation sites excluding steroid dienone is 1. The molecule has 0 radical (unpaired) electrons. The van der Waals surface area contributed by atoms with E-state index in [1.807, 2.05) is 0 Å². The molecular weight excluding hydrogens is 267 g/mol. The molecule has 2 unspecified atom stereocenters. The number of hydrogen-bond acceptors (Lipinski definition) is 2. The minimum atomic E-state index is -0.0438. The summed E-state index contributed by atoms with van der Waals surface area (Å²) in [6, 6.07) is 0. The van der Waals surface area contributed by atoms with Crippen molar-refractivity contribution in [1.82, 2.24) is 0 Å². The van der Waals surface area contributed by atoms with E-state index in [9.17, 15) is 0 Å². The van der Waals surface area contributed by atoms with Crippen LogP contribution in [-0.4, -0.2) is 23.9 Å². The van der Waals surface area contributed by atoms with Gasteiger partial charge in [-0.15, -0.1) is 0 Å². The predicted octanol–water partition coefficient (Wildman–Crippen LogP) is 2.52. The topological polar surface area (TPSA) is 18.5 Å². The smallest absolute Gasteiger partial charge is 0.166 e. The quantitative estimate of drug-likeness (QED) is 0.341. The Hall–Kier alpha value is 0.390. The highest BCUT2D eigenvalue weighted by Crippen LogP contribution is 2.21. The second-order valence-electron chi connectivity index (χ2n) is 3.05. The summed E-state index contributed by atoms with van der Waals surface area (Å²) in [5.74, 6) is 0. The van der Waals surface area contributed by atoms with Crippen LogP contribution in [0.1, 0.15) is 19.8 Å². The molecule has 0 aromatic rings. The van der Waals surface area contributed by atoms with E-state index in [4.69, 9.17) is 9.47 Å². The molecular formula is C9H15IO2. The highest BCUT2D eigenvalue weighted by molar-refractivity contribution is 14.1. The molecule has 0 saturated heterocycles. The zero-order valence-corrected chi connectivity index (χ0v) is 9.71. The molecule has 0 heterocycles. The zero-order valence-electron chi connectivity index (χ0n) is 7.55. The molecule has 0 amide bonds. The van der Waals surface area contributed by atoms with Gasteiger partial charge in [0.25, 0.3) is 0 Å². The number of ether oxygens (including phenoxy) is 2. The Morgan fingerprint density at radius 2 is 2.50 bits per heavy atom. The molecule has 2 atom stereocenters. The van der Waals surface area contributed by atoms with E-state index in [2.05, 4.69) is 35.6 Å². The van der Waals surface area contributed by atoms with Crippen LogP contribution in [0, 0.1) is 0 Å². The van der Waals surface area contributed by atoms with Crippen LogP contribution in [-0.2, 0) is 9.47 Å². The van der Waals surface area contributed by atoms with Crippen LogP contribution < -0.4 is 0 Å². The largest absolute Gasteiger partial charge is 0.355 e. The fourth-order valence-electron chi connectivity index (χ4n) is 1.31. The van der Waals surface area contributed by atoms with Gasteiger partial charge in [0.2, 0.25) is 0 Å². The summed E-state index contributed by atoms with van der Waals surface area (Å²) in [6.07, 6.45) is 4.71. The second kappa shape index (κ2) is 5.19. The molecule has 2 nitrogen and oxygen atoms in total. The van der Waals surface area contributed by atoms with E-state index >= 15 is 0 Å². The first kappa shape index (κ1) is 10.5. The molecule has 1 rings (SSSR count).